The number of aliphatic hydroxyl groups is 1. The molecule has 0 aromatic carbocycles. The zero-order valence-corrected chi connectivity index (χ0v) is 19.4. The number of rotatable bonds is 9. The first-order valence-electron chi connectivity index (χ1n) is 12.6. The molecule has 0 amide bonds. The summed E-state index contributed by atoms with van der Waals surface area (Å²) in [6.07, 6.45) is 23.3. The van der Waals surface area contributed by atoms with Gasteiger partial charge in [0, 0.05) is 23.4 Å². The zero-order valence-electron chi connectivity index (χ0n) is 19.4. The average molecular weight is 434 g/mol. The van der Waals surface area contributed by atoms with Crippen LogP contribution < -0.4 is 0 Å². The van der Waals surface area contributed by atoms with Gasteiger partial charge in [-0.1, -0.05) is 50.6 Å². The van der Waals surface area contributed by atoms with Gasteiger partial charge in [-0.2, -0.15) is 0 Å². The molecular weight excluding hydrogens is 394 g/mol. The van der Waals surface area contributed by atoms with Gasteiger partial charge in [-0.05, 0) is 92.4 Å². The number of hydrogen-bond donors (Lipinski definition) is 2. The molecule has 3 heteroatoms. The molecule has 1 spiro atoms. The van der Waals surface area contributed by atoms with Crippen molar-refractivity contribution in [3.8, 4) is 0 Å². The van der Waals surface area contributed by atoms with Gasteiger partial charge in [-0.15, -0.1) is 0 Å². The summed E-state index contributed by atoms with van der Waals surface area (Å²) in [6, 6.07) is 2.13. The summed E-state index contributed by atoms with van der Waals surface area (Å²) < 4.78 is 0. The molecule has 3 aliphatic rings. The maximum atomic E-state index is 13.1. The monoisotopic (exact) mass is 433 g/mol. The third-order valence-electron chi connectivity index (χ3n) is 8.32. The van der Waals surface area contributed by atoms with E-state index in [4.69, 9.17) is 0 Å². The number of ketones is 1. The van der Waals surface area contributed by atoms with Gasteiger partial charge in [-0.3, -0.25) is 4.79 Å². The Morgan fingerprint density at radius 3 is 2.66 bits per heavy atom. The molecule has 3 aliphatic carbocycles. The van der Waals surface area contributed by atoms with Crippen LogP contribution in [0.4, 0.5) is 0 Å². The molecule has 1 aromatic rings. The highest BCUT2D eigenvalue weighted by Gasteiger charge is 2.54. The number of H-pyrrole nitrogens is 1. The molecule has 4 rings (SSSR count). The van der Waals surface area contributed by atoms with Crippen molar-refractivity contribution >= 4 is 17.4 Å². The molecule has 172 valence electrons. The largest absolute Gasteiger partial charge is 0.393 e. The molecule has 3 nitrogen and oxygen atoms in total. The van der Waals surface area contributed by atoms with Gasteiger partial charge in [-0.25, -0.2) is 0 Å². The van der Waals surface area contributed by atoms with E-state index in [0.29, 0.717) is 18.3 Å². The van der Waals surface area contributed by atoms with Gasteiger partial charge < -0.3 is 10.1 Å². The minimum absolute atomic E-state index is 0.136. The standard InChI is InChI=1S/C29H39NO2/c1-3-9-23(24-16-19-30-26(24)4-2)22-14-15-25(29(20-22)17-18-29)28(32)13-8-12-27(31)21-10-6-5-7-11-21/h3-4,8-9,13,16,19,21-22,25,27,30-31H,1-2,5-7,10-12,14-15,17-18,20H2/b13-8+,23-9-/t22?,25-,27?/m1/s1. The second-order valence-electron chi connectivity index (χ2n) is 10.3. The van der Waals surface area contributed by atoms with Crippen LogP contribution in [0.1, 0.15) is 81.9 Å². The van der Waals surface area contributed by atoms with Crippen LogP contribution in [0.2, 0.25) is 0 Å². The van der Waals surface area contributed by atoms with Crippen molar-refractivity contribution in [1.82, 2.24) is 4.98 Å². The van der Waals surface area contributed by atoms with Gasteiger partial charge >= 0.3 is 0 Å². The van der Waals surface area contributed by atoms with Crippen LogP contribution in [0.5, 0.6) is 0 Å². The fourth-order valence-electron chi connectivity index (χ4n) is 6.36. The number of aliphatic hydroxyl groups excluding tert-OH is 1. The lowest BCUT2D eigenvalue weighted by Crippen LogP contribution is -2.32. The van der Waals surface area contributed by atoms with Crippen LogP contribution in [-0.2, 0) is 4.79 Å². The second kappa shape index (κ2) is 10.2. The topological polar surface area (TPSA) is 53.1 Å². The molecule has 0 aliphatic heterocycles. The predicted molar refractivity (Wildman–Crippen MR) is 133 cm³/mol. The third kappa shape index (κ3) is 4.93. The van der Waals surface area contributed by atoms with Crippen LogP contribution in [0.25, 0.3) is 11.6 Å². The molecule has 3 atom stereocenters. The van der Waals surface area contributed by atoms with E-state index in [1.165, 1.54) is 30.4 Å². The molecule has 0 saturated heterocycles. The summed E-state index contributed by atoms with van der Waals surface area (Å²) in [7, 11) is 0. The Morgan fingerprint density at radius 1 is 1.19 bits per heavy atom. The van der Waals surface area contributed by atoms with E-state index in [-0.39, 0.29) is 23.2 Å². The number of carbonyl (C=O) groups is 1. The molecule has 0 bridgehead atoms. The Hall–Kier alpha value is -2.13. The van der Waals surface area contributed by atoms with Crippen molar-refractivity contribution in [2.45, 2.75) is 76.7 Å². The van der Waals surface area contributed by atoms with Crippen molar-refractivity contribution < 1.29 is 9.90 Å². The lowest BCUT2D eigenvalue weighted by Gasteiger charge is -2.36. The highest BCUT2D eigenvalue weighted by Crippen LogP contribution is 2.62. The first-order chi connectivity index (χ1) is 15.6. The molecule has 1 heterocycles. The number of aromatic nitrogens is 1. The maximum absolute atomic E-state index is 13.1. The fraction of sp³-hybridized carbons (Fsp3) is 0.552. The lowest BCUT2D eigenvalue weighted by atomic mass is 9.67. The Bertz CT molecular complexity index is 879. The summed E-state index contributed by atoms with van der Waals surface area (Å²) in [5.41, 5.74) is 3.75. The predicted octanol–water partition coefficient (Wildman–Crippen LogP) is 6.88. The number of hydrogen-bond acceptors (Lipinski definition) is 2. The molecule has 2 N–H and O–H groups in total. The van der Waals surface area contributed by atoms with Crippen LogP contribution >= 0.6 is 0 Å². The molecule has 0 radical (unpaired) electrons. The number of aromatic amines is 1. The van der Waals surface area contributed by atoms with E-state index in [1.807, 2.05) is 24.4 Å². The first kappa shape index (κ1) is 23.0. The minimum Gasteiger partial charge on any atom is -0.393 e. The summed E-state index contributed by atoms with van der Waals surface area (Å²) >= 11 is 0. The fourth-order valence-corrected chi connectivity index (χ4v) is 6.36. The maximum Gasteiger partial charge on any atom is 0.158 e. The van der Waals surface area contributed by atoms with Gasteiger partial charge in [0.25, 0.3) is 0 Å². The van der Waals surface area contributed by atoms with Crippen molar-refractivity contribution in [3.05, 3.63) is 61.0 Å². The SMILES string of the molecule is C=C/C=C(\c1cc[nH]c1C=C)C1CC[C@H](C(=O)/C=C/CC(O)C2CCCCC2)C2(CC2)C1. The smallest absolute Gasteiger partial charge is 0.158 e. The first-order valence-corrected chi connectivity index (χ1v) is 12.6. The zero-order chi connectivity index (χ0) is 22.6. The quantitative estimate of drug-likeness (QED) is 0.329. The summed E-state index contributed by atoms with van der Waals surface area (Å²) in [6.45, 7) is 7.89. The van der Waals surface area contributed by atoms with Gasteiger partial charge in [0.1, 0.15) is 0 Å². The molecule has 3 fully saturated rings. The Kier molecular flexibility index (Phi) is 7.35. The van der Waals surface area contributed by atoms with Crippen molar-refractivity contribution in [2.75, 3.05) is 0 Å². The molecular formula is C29H39NO2. The highest BCUT2D eigenvalue weighted by molar-refractivity contribution is 5.93. The van der Waals surface area contributed by atoms with E-state index in [2.05, 4.69) is 30.3 Å². The molecule has 32 heavy (non-hydrogen) atoms. The van der Waals surface area contributed by atoms with Crippen LogP contribution in [-0.4, -0.2) is 22.0 Å². The van der Waals surface area contributed by atoms with Crippen LogP contribution in [0.15, 0.2) is 49.7 Å². The number of nitrogens with one attached hydrogen (secondary N) is 1. The Labute approximate surface area is 193 Å². The minimum atomic E-state index is -0.294. The molecule has 3 saturated carbocycles. The molecule has 2 unspecified atom stereocenters. The number of allylic oxidation sites excluding steroid dienone is 4. The van der Waals surface area contributed by atoms with Gasteiger partial charge in [0.15, 0.2) is 5.78 Å². The van der Waals surface area contributed by atoms with E-state index >= 15 is 0 Å². The van der Waals surface area contributed by atoms with Gasteiger partial charge in [0.2, 0.25) is 0 Å². The van der Waals surface area contributed by atoms with Gasteiger partial charge in [0.05, 0.1) is 6.10 Å². The van der Waals surface area contributed by atoms with Crippen molar-refractivity contribution in [3.63, 3.8) is 0 Å². The summed E-state index contributed by atoms with van der Waals surface area (Å²) in [4.78, 5) is 16.4. The van der Waals surface area contributed by atoms with E-state index in [1.54, 1.807) is 6.08 Å². The van der Waals surface area contributed by atoms with E-state index in [9.17, 15) is 9.90 Å². The third-order valence-corrected chi connectivity index (χ3v) is 8.32. The van der Waals surface area contributed by atoms with Crippen LogP contribution in [0, 0.1) is 23.2 Å². The molecule has 1 aromatic heterocycles. The highest BCUT2D eigenvalue weighted by atomic mass is 16.3. The summed E-state index contributed by atoms with van der Waals surface area (Å²) in [5.74, 6) is 1.28. The van der Waals surface area contributed by atoms with E-state index < -0.39 is 0 Å². The Morgan fingerprint density at radius 2 is 1.97 bits per heavy atom. The average Bonchev–Trinajstić information content (AvgIpc) is 3.40. The van der Waals surface area contributed by atoms with Crippen LogP contribution in [0.3, 0.4) is 0 Å². The normalized spacial score (nSPS) is 26.8. The van der Waals surface area contributed by atoms with Crippen molar-refractivity contribution in [2.24, 2.45) is 23.2 Å². The van der Waals surface area contributed by atoms with E-state index in [0.717, 1.165) is 50.6 Å². The number of carbonyl (C=O) groups excluding carboxylic acids is 1. The summed E-state index contributed by atoms with van der Waals surface area (Å²) in [5, 5.41) is 10.5. The Balaban J connectivity index is 1.39. The lowest BCUT2D eigenvalue weighted by molar-refractivity contribution is -0.121. The van der Waals surface area contributed by atoms with Crippen molar-refractivity contribution in [1.29, 1.82) is 0 Å². The second-order valence-corrected chi connectivity index (χ2v) is 10.3.